The van der Waals surface area contributed by atoms with Gasteiger partial charge in [0, 0.05) is 25.7 Å². The molecule has 1 aromatic rings. The average Bonchev–Trinajstić information content (AvgIpc) is 2.39. The van der Waals surface area contributed by atoms with Crippen LogP contribution >= 0.6 is 11.6 Å². The van der Waals surface area contributed by atoms with Gasteiger partial charge < -0.3 is 19.5 Å². The molecule has 0 aliphatic carbocycles. The highest BCUT2D eigenvalue weighted by Gasteiger charge is 2.14. The van der Waals surface area contributed by atoms with Crippen molar-refractivity contribution in [3.8, 4) is 5.75 Å². The van der Waals surface area contributed by atoms with E-state index in [4.69, 9.17) is 21.1 Å². The molecule has 1 amide bonds. The van der Waals surface area contributed by atoms with E-state index in [1.165, 1.54) is 12.0 Å². The number of hydrogen-bond donors (Lipinski definition) is 1. The first-order valence-corrected chi connectivity index (χ1v) is 6.61. The number of methoxy groups -OCH3 is 1. The summed E-state index contributed by atoms with van der Waals surface area (Å²) in [6.45, 7) is 2.17. The van der Waals surface area contributed by atoms with Crippen LogP contribution < -0.4 is 4.74 Å². The second-order valence-electron chi connectivity index (χ2n) is 4.58. The molecule has 0 aliphatic rings. The lowest BCUT2D eigenvalue weighted by molar-refractivity contribution is -0.133. The van der Waals surface area contributed by atoms with Gasteiger partial charge in [-0.2, -0.15) is 0 Å². The van der Waals surface area contributed by atoms with E-state index in [1.807, 2.05) is 6.92 Å². The van der Waals surface area contributed by atoms with Crippen molar-refractivity contribution in [2.45, 2.75) is 13.0 Å². The van der Waals surface area contributed by atoms with Crippen molar-refractivity contribution in [1.82, 2.24) is 4.90 Å². The molecule has 0 fully saturated rings. The van der Waals surface area contributed by atoms with E-state index < -0.39 is 6.10 Å². The molecule has 0 spiro atoms. The van der Waals surface area contributed by atoms with Crippen LogP contribution in [0.3, 0.4) is 0 Å². The predicted octanol–water partition coefficient (Wildman–Crippen LogP) is 1.49. The Bertz CT molecular complexity index is 453. The van der Waals surface area contributed by atoms with Gasteiger partial charge in [-0.25, -0.2) is 0 Å². The second kappa shape index (κ2) is 8.09. The summed E-state index contributed by atoms with van der Waals surface area (Å²) in [7, 11) is 3.11. The fraction of sp³-hybridized carbons (Fsp3) is 0.500. The fourth-order valence-electron chi connectivity index (χ4n) is 1.63. The Morgan fingerprint density at radius 1 is 1.50 bits per heavy atom. The Balaban J connectivity index is 2.44. The minimum absolute atomic E-state index is 0.0860. The number of benzene rings is 1. The molecule has 0 radical (unpaired) electrons. The molecule has 112 valence electrons. The molecule has 0 bridgehead atoms. The summed E-state index contributed by atoms with van der Waals surface area (Å²) >= 11 is 5.91. The standard InChI is InChI=1S/C14H20ClNO4/c1-10-6-12(4-5-13(10)15)20-9-14(18)16(2)7-11(17)8-19-3/h4-6,11,17H,7-9H2,1-3H3. The number of ether oxygens (including phenoxy) is 2. The molecule has 1 atom stereocenters. The predicted molar refractivity (Wildman–Crippen MR) is 77.2 cm³/mol. The van der Waals surface area contributed by atoms with E-state index in [2.05, 4.69) is 0 Å². The van der Waals surface area contributed by atoms with Gasteiger partial charge in [0.2, 0.25) is 0 Å². The molecule has 5 nitrogen and oxygen atoms in total. The van der Waals surface area contributed by atoms with Crippen molar-refractivity contribution in [2.24, 2.45) is 0 Å². The van der Waals surface area contributed by atoms with Gasteiger partial charge in [-0.1, -0.05) is 11.6 Å². The SMILES string of the molecule is COCC(O)CN(C)C(=O)COc1ccc(Cl)c(C)c1. The number of carbonyl (C=O) groups is 1. The summed E-state index contributed by atoms with van der Waals surface area (Å²) in [6.07, 6.45) is -0.702. The van der Waals surface area contributed by atoms with Crippen molar-refractivity contribution >= 4 is 17.5 Å². The van der Waals surface area contributed by atoms with Crippen molar-refractivity contribution in [2.75, 3.05) is 33.9 Å². The first kappa shape index (κ1) is 16.8. The highest BCUT2D eigenvalue weighted by Crippen LogP contribution is 2.20. The lowest BCUT2D eigenvalue weighted by Crippen LogP contribution is -2.38. The van der Waals surface area contributed by atoms with Gasteiger partial charge in [0.1, 0.15) is 5.75 Å². The number of hydrogen-bond acceptors (Lipinski definition) is 4. The van der Waals surface area contributed by atoms with Gasteiger partial charge >= 0.3 is 0 Å². The lowest BCUT2D eigenvalue weighted by Gasteiger charge is -2.20. The molecule has 0 aliphatic heterocycles. The highest BCUT2D eigenvalue weighted by atomic mass is 35.5. The number of amides is 1. The number of rotatable bonds is 7. The first-order valence-electron chi connectivity index (χ1n) is 6.24. The van der Waals surface area contributed by atoms with Crippen LogP contribution in [-0.4, -0.2) is 55.9 Å². The lowest BCUT2D eigenvalue weighted by atomic mass is 10.2. The number of aliphatic hydroxyl groups excluding tert-OH is 1. The number of aliphatic hydroxyl groups is 1. The Labute approximate surface area is 124 Å². The first-order chi connectivity index (χ1) is 9.43. The van der Waals surface area contributed by atoms with Crippen LogP contribution in [0.2, 0.25) is 5.02 Å². The maximum atomic E-state index is 11.8. The Hall–Kier alpha value is -1.30. The smallest absolute Gasteiger partial charge is 0.260 e. The molecule has 20 heavy (non-hydrogen) atoms. The summed E-state index contributed by atoms with van der Waals surface area (Å²) in [5.41, 5.74) is 0.889. The van der Waals surface area contributed by atoms with E-state index in [-0.39, 0.29) is 25.7 Å². The Morgan fingerprint density at radius 3 is 2.80 bits per heavy atom. The quantitative estimate of drug-likeness (QED) is 0.829. The fourth-order valence-corrected chi connectivity index (χ4v) is 1.74. The number of halogens is 1. The largest absolute Gasteiger partial charge is 0.484 e. The average molecular weight is 302 g/mol. The number of aryl methyl sites for hydroxylation is 1. The molecular weight excluding hydrogens is 282 g/mol. The van der Waals surface area contributed by atoms with Gasteiger partial charge in [-0.15, -0.1) is 0 Å². The summed E-state index contributed by atoms with van der Waals surface area (Å²) < 4.78 is 10.2. The molecule has 0 saturated carbocycles. The van der Waals surface area contributed by atoms with E-state index >= 15 is 0 Å². The molecule has 0 saturated heterocycles. The maximum Gasteiger partial charge on any atom is 0.260 e. The summed E-state index contributed by atoms with van der Waals surface area (Å²) in [5.74, 6) is 0.374. The third-order valence-electron chi connectivity index (χ3n) is 2.76. The Kier molecular flexibility index (Phi) is 6.78. The zero-order chi connectivity index (χ0) is 15.1. The Morgan fingerprint density at radius 2 is 2.20 bits per heavy atom. The minimum atomic E-state index is -0.702. The maximum absolute atomic E-state index is 11.8. The molecule has 0 aromatic heterocycles. The molecule has 0 heterocycles. The summed E-state index contributed by atoms with van der Waals surface area (Å²) in [6, 6.07) is 5.21. The third-order valence-corrected chi connectivity index (χ3v) is 3.19. The van der Waals surface area contributed by atoms with Gasteiger partial charge in [0.05, 0.1) is 12.7 Å². The molecular formula is C14H20ClNO4. The van der Waals surface area contributed by atoms with Crippen LogP contribution in [0, 0.1) is 6.92 Å². The zero-order valence-electron chi connectivity index (χ0n) is 11.9. The second-order valence-corrected chi connectivity index (χ2v) is 4.99. The molecule has 6 heteroatoms. The molecule has 1 aromatic carbocycles. The van der Waals surface area contributed by atoms with Gasteiger partial charge in [-0.3, -0.25) is 4.79 Å². The molecule has 1 unspecified atom stereocenters. The minimum Gasteiger partial charge on any atom is -0.484 e. The highest BCUT2D eigenvalue weighted by molar-refractivity contribution is 6.31. The van der Waals surface area contributed by atoms with Gasteiger partial charge in [0.15, 0.2) is 6.61 Å². The normalized spacial score (nSPS) is 12.1. The third kappa shape index (κ3) is 5.36. The van der Waals surface area contributed by atoms with Gasteiger partial charge in [0.25, 0.3) is 5.91 Å². The van der Waals surface area contributed by atoms with Crippen molar-refractivity contribution in [3.05, 3.63) is 28.8 Å². The zero-order valence-corrected chi connectivity index (χ0v) is 12.7. The molecule has 1 rings (SSSR count). The number of nitrogens with zero attached hydrogens (tertiary/aromatic N) is 1. The number of carbonyl (C=O) groups excluding carboxylic acids is 1. The molecule has 1 N–H and O–H groups in total. The summed E-state index contributed by atoms with van der Waals surface area (Å²) in [4.78, 5) is 13.2. The number of likely N-dealkylation sites (N-methyl/N-ethyl adjacent to an activating group) is 1. The van der Waals surface area contributed by atoms with E-state index in [9.17, 15) is 9.90 Å². The van der Waals surface area contributed by atoms with Crippen LogP contribution in [-0.2, 0) is 9.53 Å². The van der Waals surface area contributed by atoms with Crippen LogP contribution in [0.15, 0.2) is 18.2 Å². The van der Waals surface area contributed by atoms with Crippen molar-refractivity contribution in [3.63, 3.8) is 0 Å². The van der Waals surface area contributed by atoms with E-state index in [0.29, 0.717) is 10.8 Å². The van der Waals surface area contributed by atoms with E-state index in [1.54, 1.807) is 25.2 Å². The van der Waals surface area contributed by atoms with Crippen LogP contribution in [0.1, 0.15) is 5.56 Å². The van der Waals surface area contributed by atoms with E-state index in [0.717, 1.165) is 5.56 Å². The van der Waals surface area contributed by atoms with Crippen molar-refractivity contribution < 1.29 is 19.4 Å². The monoisotopic (exact) mass is 301 g/mol. The van der Waals surface area contributed by atoms with Crippen LogP contribution in [0.25, 0.3) is 0 Å². The summed E-state index contributed by atoms with van der Waals surface area (Å²) in [5, 5.41) is 10.2. The topological polar surface area (TPSA) is 59.0 Å². The van der Waals surface area contributed by atoms with Crippen molar-refractivity contribution in [1.29, 1.82) is 0 Å². The van der Waals surface area contributed by atoms with Gasteiger partial charge in [-0.05, 0) is 30.7 Å². The van der Waals surface area contributed by atoms with Crippen LogP contribution in [0.4, 0.5) is 0 Å². The van der Waals surface area contributed by atoms with Crippen LogP contribution in [0.5, 0.6) is 5.75 Å².